The maximum atomic E-state index is 13.3. The summed E-state index contributed by atoms with van der Waals surface area (Å²) in [6.07, 6.45) is 2.63. The van der Waals surface area contributed by atoms with Gasteiger partial charge in [0, 0.05) is 18.7 Å². The van der Waals surface area contributed by atoms with E-state index < -0.39 is 5.82 Å². The first-order valence-electron chi connectivity index (χ1n) is 6.42. The summed E-state index contributed by atoms with van der Waals surface area (Å²) in [4.78, 5) is 11.9. The van der Waals surface area contributed by atoms with Crippen molar-refractivity contribution in [1.29, 1.82) is 0 Å². The summed E-state index contributed by atoms with van der Waals surface area (Å²) in [6, 6.07) is 4.30. The molecular weight excluding hydrogens is 313 g/mol. The minimum absolute atomic E-state index is 0.119. The molecule has 1 aromatic rings. The van der Waals surface area contributed by atoms with E-state index in [9.17, 15) is 9.18 Å². The molecule has 5 heteroatoms. The van der Waals surface area contributed by atoms with Crippen LogP contribution in [0.3, 0.4) is 0 Å². The lowest BCUT2D eigenvalue weighted by molar-refractivity contribution is 0.0942. The van der Waals surface area contributed by atoms with Crippen molar-refractivity contribution >= 4 is 21.8 Å². The van der Waals surface area contributed by atoms with Crippen LogP contribution in [0.1, 0.15) is 36.5 Å². The van der Waals surface area contributed by atoms with Crippen LogP contribution in [-0.4, -0.2) is 24.2 Å². The Morgan fingerprint density at radius 2 is 2.21 bits per heavy atom. The molecule has 0 bridgehead atoms. The van der Waals surface area contributed by atoms with Gasteiger partial charge in [-0.15, -0.1) is 0 Å². The maximum Gasteiger partial charge on any atom is 0.251 e. The molecule has 0 heterocycles. The van der Waals surface area contributed by atoms with E-state index >= 15 is 0 Å². The Labute approximate surface area is 121 Å². The van der Waals surface area contributed by atoms with Crippen molar-refractivity contribution in [2.24, 2.45) is 5.92 Å². The third kappa shape index (κ3) is 5.28. The zero-order valence-corrected chi connectivity index (χ0v) is 12.5. The Hall–Kier alpha value is -0.940. The topological polar surface area (TPSA) is 49.3 Å². The molecule has 0 aliphatic rings. The molecule has 0 radical (unpaired) electrons. The lowest BCUT2D eigenvalue weighted by atomic mass is 10.00. The van der Waals surface area contributed by atoms with Gasteiger partial charge in [-0.1, -0.05) is 13.3 Å². The average Bonchev–Trinajstić information content (AvgIpc) is 2.39. The summed E-state index contributed by atoms with van der Waals surface area (Å²) in [5, 5.41) is 11.7. The van der Waals surface area contributed by atoms with Gasteiger partial charge in [-0.3, -0.25) is 4.79 Å². The van der Waals surface area contributed by atoms with Gasteiger partial charge in [-0.2, -0.15) is 0 Å². The highest BCUT2D eigenvalue weighted by atomic mass is 79.9. The second-order valence-electron chi connectivity index (χ2n) is 4.51. The molecular formula is C14H19BrFNO2. The van der Waals surface area contributed by atoms with Gasteiger partial charge in [0.15, 0.2) is 0 Å². The van der Waals surface area contributed by atoms with Crippen molar-refractivity contribution in [3.63, 3.8) is 0 Å². The summed E-state index contributed by atoms with van der Waals surface area (Å²) in [5.41, 5.74) is 0.306. The van der Waals surface area contributed by atoms with Crippen LogP contribution in [0.25, 0.3) is 0 Å². The van der Waals surface area contributed by atoms with Crippen molar-refractivity contribution in [1.82, 2.24) is 5.32 Å². The fraction of sp³-hybridized carbons (Fsp3) is 0.500. The van der Waals surface area contributed by atoms with Gasteiger partial charge in [0.05, 0.1) is 4.47 Å². The first-order valence-corrected chi connectivity index (χ1v) is 7.21. The minimum atomic E-state index is -0.451. The molecule has 106 valence electrons. The minimum Gasteiger partial charge on any atom is -0.396 e. The molecule has 0 saturated carbocycles. The Morgan fingerprint density at radius 1 is 1.47 bits per heavy atom. The van der Waals surface area contributed by atoms with E-state index in [2.05, 4.69) is 28.2 Å². The van der Waals surface area contributed by atoms with E-state index in [1.54, 1.807) is 6.07 Å². The van der Waals surface area contributed by atoms with Gasteiger partial charge in [0.25, 0.3) is 5.91 Å². The third-order valence-corrected chi connectivity index (χ3v) is 3.61. The summed E-state index contributed by atoms with van der Waals surface area (Å²) in [5.74, 6) is -0.474. The molecule has 2 N–H and O–H groups in total. The highest BCUT2D eigenvalue weighted by molar-refractivity contribution is 9.10. The summed E-state index contributed by atoms with van der Waals surface area (Å²) in [6.45, 7) is 2.69. The molecule has 0 fully saturated rings. The summed E-state index contributed by atoms with van der Waals surface area (Å²) in [7, 11) is 0. The Morgan fingerprint density at radius 3 is 2.79 bits per heavy atom. The van der Waals surface area contributed by atoms with Gasteiger partial charge < -0.3 is 10.4 Å². The lowest BCUT2D eigenvalue weighted by Crippen LogP contribution is -2.29. The van der Waals surface area contributed by atoms with E-state index in [0.717, 1.165) is 12.8 Å². The molecule has 1 aromatic carbocycles. The highest BCUT2D eigenvalue weighted by Gasteiger charge is 2.12. The van der Waals surface area contributed by atoms with Crippen molar-refractivity contribution < 1.29 is 14.3 Å². The van der Waals surface area contributed by atoms with E-state index in [0.29, 0.717) is 23.0 Å². The molecule has 1 atom stereocenters. The zero-order chi connectivity index (χ0) is 14.3. The number of amides is 1. The molecule has 1 amide bonds. The number of rotatable bonds is 7. The summed E-state index contributed by atoms with van der Waals surface area (Å²) < 4.78 is 13.7. The van der Waals surface area contributed by atoms with Crippen LogP contribution < -0.4 is 5.32 Å². The number of nitrogens with one attached hydrogen (secondary N) is 1. The zero-order valence-electron chi connectivity index (χ0n) is 11.0. The third-order valence-electron chi connectivity index (χ3n) is 2.97. The van der Waals surface area contributed by atoms with Crippen LogP contribution in [-0.2, 0) is 0 Å². The number of halogens is 2. The van der Waals surface area contributed by atoms with Crippen molar-refractivity contribution in [3.05, 3.63) is 34.1 Å². The number of hydrogen-bond donors (Lipinski definition) is 2. The quantitative estimate of drug-likeness (QED) is 0.806. The monoisotopic (exact) mass is 331 g/mol. The molecule has 0 aliphatic heterocycles. The smallest absolute Gasteiger partial charge is 0.251 e. The van der Waals surface area contributed by atoms with Crippen molar-refractivity contribution in [2.45, 2.75) is 26.2 Å². The van der Waals surface area contributed by atoms with Gasteiger partial charge >= 0.3 is 0 Å². The van der Waals surface area contributed by atoms with Crippen molar-refractivity contribution in [3.8, 4) is 0 Å². The molecule has 19 heavy (non-hydrogen) atoms. The first kappa shape index (κ1) is 16.1. The molecule has 0 spiro atoms. The second kappa shape index (κ2) is 8.27. The van der Waals surface area contributed by atoms with Crippen LogP contribution in [0.2, 0.25) is 0 Å². The number of benzene rings is 1. The molecule has 0 saturated heterocycles. The van der Waals surface area contributed by atoms with Gasteiger partial charge in [-0.25, -0.2) is 4.39 Å². The Kier molecular flexibility index (Phi) is 7.02. The number of hydrogen-bond acceptors (Lipinski definition) is 2. The van der Waals surface area contributed by atoms with Crippen LogP contribution in [0, 0.1) is 11.7 Å². The number of carbonyl (C=O) groups excluding carboxylic acids is 1. The molecule has 1 rings (SSSR count). The molecule has 3 nitrogen and oxygen atoms in total. The first-order chi connectivity index (χ1) is 9.08. The lowest BCUT2D eigenvalue weighted by Gasteiger charge is -2.15. The molecule has 0 aliphatic carbocycles. The number of aliphatic hydroxyl groups excluding tert-OH is 1. The fourth-order valence-corrected chi connectivity index (χ4v) is 2.16. The van der Waals surface area contributed by atoms with Gasteiger partial charge in [0.1, 0.15) is 5.82 Å². The van der Waals surface area contributed by atoms with Crippen LogP contribution in [0.15, 0.2) is 22.7 Å². The highest BCUT2D eigenvalue weighted by Crippen LogP contribution is 2.16. The van der Waals surface area contributed by atoms with Crippen LogP contribution in [0.4, 0.5) is 4.39 Å². The van der Waals surface area contributed by atoms with Crippen LogP contribution in [0.5, 0.6) is 0 Å². The van der Waals surface area contributed by atoms with E-state index in [-0.39, 0.29) is 18.4 Å². The predicted octanol–water partition coefficient (Wildman–Crippen LogP) is 3.12. The second-order valence-corrected chi connectivity index (χ2v) is 5.36. The van der Waals surface area contributed by atoms with E-state index in [4.69, 9.17) is 5.11 Å². The molecule has 1 unspecified atom stereocenters. The van der Waals surface area contributed by atoms with Gasteiger partial charge in [0.2, 0.25) is 0 Å². The van der Waals surface area contributed by atoms with Gasteiger partial charge in [-0.05, 0) is 52.9 Å². The van der Waals surface area contributed by atoms with Crippen molar-refractivity contribution in [2.75, 3.05) is 13.2 Å². The average molecular weight is 332 g/mol. The normalized spacial score (nSPS) is 12.2. The van der Waals surface area contributed by atoms with E-state index in [1.165, 1.54) is 12.1 Å². The standard InChI is InChI=1S/C14H19BrFNO2/c1-2-3-10(6-7-18)9-17-14(19)11-4-5-12(15)13(16)8-11/h4-5,8,10,18H,2-3,6-7,9H2,1H3,(H,17,19). The predicted molar refractivity (Wildman–Crippen MR) is 76.5 cm³/mol. The molecule has 0 aromatic heterocycles. The Bertz CT molecular complexity index is 420. The number of aliphatic hydroxyl groups is 1. The number of carbonyl (C=O) groups is 1. The summed E-state index contributed by atoms with van der Waals surface area (Å²) >= 11 is 3.05. The van der Waals surface area contributed by atoms with Crippen LogP contribution >= 0.6 is 15.9 Å². The Balaban J connectivity index is 2.56. The maximum absolute atomic E-state index is 13.3. The largest absolute Gasteiger partial charge is 0.396 e. The van der Waals surface area contributed by atoms with E-state index in [1.807, 2.05) is 0 Å². The SMILES string of the molecule is CCCC(CCO)CNC(=O)c1ccc(Br)c(F)c1. The fourth-order valence-electron chi connectivity index (χ4n) is 1.92.